The smallest absolute Gasteiger partial charge is 0.330 e. The highest BCUT2D eigenvalue weighted by Gasteiger charge is 2.12. The van der Waals surface area contributed by atoms with Gasteiger partial charge in [-0.1, -0.05) is 11.6 Å². The van der Waals surface area contributed by atoms with E-state index in [1.54, 1.807) is 6.07 Å². The van der Waals surface area contributed by atoms with E-state index in [2.05, 4.69) is 5.32 Å². The fourth-order valence-corrected chi connectivity index (χ4v) is 2.49. The summed E-state index contributed by atoms with van der Waals surface area (Å²) in [4.78, 5) is 35.9. The van der Waals surface area contributed by atoms with Gasteiger partial charge >= 0.3 is 5.69 Å². The largest absolute Gasteiger partial charge is 0.495 e. The average Bonchev–Trinajstić information content (AvgIpc) is 2.62. The first-order chi connectivity index (χ1) is 12.3. The van der Waals surface area contributed by atoms with E-state index in [9.17, 15) is 14.4 Å². The Morgan fingerprint density at radius 3 is 2.42 bits per heavy atom. The minimum Gasteiger partial charge on any atom is -0.495 e. The number of carbonyl (C=O) groups excluding carboxylic acids is 1. The van der Waals surface area contributed by atoms with Crippen LogP contribution in [-0.2, 0) is 18.9 Å². The van der Waals surface area contributed by atoms with E-state index in [1.807, 2.05) is 0 Å². The number of rotatable bonds is 5. The third-order valence-electron chi connectivity index (χ3n) is 3.62. The molecule has 0 saturated heterocycles. The van der Waals surface area contributed by atoms with Crippen LogP contribution in [0.15, 0.2) is 34.0 Å². The van der Waals surface area contributed by atoms with E-state index in [0.717, 1.165) is 4.57 Å². The molecular weight excluding hydrogens is 362 g/mol. The zero-order chi connectivity index (χ0) is 19.4. The number of aromatic nitrogens is 2. The normalized spacial score (nSPS) is 10.8. The van der Waals surface area contributed by atoms with Crippen LogP contribution in [0, 0.1) is 0 Å². The molecule has 0 atom stereocenters. The molecule has 138 valence electrons. The number of methoxy groups -OCH3 is 2. The Balaban J connectivity index is 2.27. The van der Waals surface area contributed by atoms with Crippen molar-refractivity contribution in [1.82, 2.24) is 9.13 Å². The van der Waals surface area contributed by atoms with Gasteiger partial charge in [-0.05, 0) is 12.1 Å². The number of amides is 1. The Morgan fingerprint density at radius 1 is 1.15 bits per heavy atom. The molecule has 0 spiro atoms. The first-order valence-electron chi connectivity index (χ1n) is 7.45. The molecule has 2 rings (SSSR count). The van der Waals surface area contributed by atoms with E-state index in [4.69, 9.17) is 21.1 Å². The Labute approximate surface area is 154 Å². The number of nitrogens with one attached hydrogen (secondary N) is 1. The predicted octanol–water partition coefficient (Wildman–Crippen LogP) is 1.41. The van der Waals surface area contributed by atoms with Gasteiger partial charge in [0.1, 0.15) is 11.5 Å². The highest BCUT2D eigenvalue weighted by Crippen LogP contribution is 2.35. The van der Waals surface area contributed by atoms with Gasteiger partial charge in [0.25, 0.3) is 5.56 Å². The number of ether oxygens (including phenoxy) is 2. The summed E-state index contributed by atoms with van der Waals surface area (Å²) in [7, 11) is 5.80. The number of hydrogen-bond donors (Lipinski definition) is 1. The van der Waals surface area contributed by atoms with Crippen LogP contribution in [0.4, 0.5) is 5.69 Å². The second-order valence-electron chi connectivity index (χ2n) is 5.35. The van der Waals surface area contributed by atoms with E-state index >= 15 is 0 Å². The number of hydrogen-bond acceptors (Lipinski definition) is 5. The standard InChI is InChI=1S/C17H18ClN3O5/c1-20-9-10(16(23)21(2)17(20)24)5-6-15(22)19-12-7-11(18)13(25-3)8-14(12)26-4/h5-9H,1-4H3,(H,19,22)/b6-5+. The van der Waals surface area contributed by atoms with Crippen LogP contribution in [0.25, 0.3) is 6.08 Å². The van der Waals surface area contributed by atoms with Crippen LogP contribution in [0.1, 0.15) is 5.56 Å². The summed E-state index contributed by atoms with van der Waals surface area (Å²) >= 11 is 6.06. The molecule has 0 aliphatic carbocycles. The van der Waals surface area contributed by atoms with Crippen molar-refractivity contribution < 1.29 is 14.3 Å². The summed E-state index contributed by atoms with van der Waals surface area (Å²) in [6.45, 7) is 0. The van der Waals surface area contributed by atoms with Crippen LogP contribution in [0.2, 0.25) is 5.02 Å². The third-order valence-corrected chi connectivity index (χ3v) is 3.91. The lowest BCUT2D eigenvalue weighted by Crippen LogP contribution is -2.37. The quantitative estimate of drug-likeness (QED) is 0.793. The SMILES string of the molecule is COc1cc(OC)c(NC(=O)/C=C/c2cn(C)c(=O)n(C)c2=O)cc1Cl. The van der Waals surface area contributed by atoms with Crippen molar-refractivity contribution in [2.24, 2.45) is 14.1 Å². The zero-order valence-electron chi connectivity index (χ0n) is 14.7. The fraction of sp³-hybridized carbons (Fsp3) is 0.235. The Bertz CT molecular complexity index is 991. The molecule has 0 bridgehead atoms. The van der Waals surface area contributed by atoms with Crippen molar-refractivity contribution in [2.75, 3.05) is 19.5 Å². The summed E-state index contributed by atoms with van der Waals surface area (Å²) in [5.41, 5.74) is -0.401. The van der Waals surface area contributed by atoms with Gasteiger partial charge in [-0.2, -0.15) is 0 Å². The maximum Gasteiger partial charge on any atom is 0.330 e. The van der Waals surface area contributed by atoms with Crippen molar-refractivity contribution in [2.45, 2.75) is 0 Å². The van der Waals surface area contributed by atoms with Crippen LogP contribution in [-0.4, -0.2) is 29.3 Å². The zero-order valence-corrected chi connectivity index (χ0v) is 15.5. The van der Waals surface area contributed by atoms with Crippen LogP contribution < -0.4 is 26.0 Å². The fourth-order valence-electron chi connectivity index (χ4n) is 2.25. The molecular formula is C17H18ClN3O5. The van der Waals surface area contributed by atoms with Gasteiger partial charge in [0, 0.05) is 32.4 Å². The monoisotopic (exact) mass is 379 g/mol. The topological polar surface area (TPSA) is 91.6 Å². The lowest BCUT2D eigenvalue weighted by atomic mass is 10.2. The van der Waals surface area contributed by atoms with Gasteiger partial charge < -0.3 is 19.4 Å². The molecule has 1 N–H and O–H groups in total. The maximum absolute atomic E-state index is 12.2. The van der Waals surface area contributed by atoms with Crippen molar-refractivity contribution in [3.8, 4) is 11.5 Å². The third kappa shape index (κ3) is 3.97. The van der Waals surface area contributed by atoms with Crippen molar-refractivity contribution in [1.29, 1.82) is 0 Å². The molecule has 8 nitrogen and oxygen atoms in total. The molecule has 9 heteroatoms. The van der Waals surface area contributed by atoms with Crippen molar-refractivity contribution in [3.63, 3.8) is 0 Å². The number of benzene rings is 1. The first kappa shape index (κ1) is 19.3. The lowest BCUT2D eigenvalue weighted by molar-refractivity contribution is -0.111. The Morgan fingerprint density at radius 2 is 1.81 bits per heavy atom. The van der Waals surface area contributed by atoms with Crippen LogP contribution in [0.3, 0.4) is 0 Å². The summed E-state index contributed by atoms with van der Waals surface area (Å²) in [5, 5.41) is 2.92. The first-order valence-corrected chi connectivity index (χ1v) is 7.83. The van der Waals surface area contributed by atoms with Crippen LogP contribution in [0.5, 0.6) is 11.5 Å². The molecule has 0 aliphatic heterocycles. The molecule has 2 aromatic rings. The molecule has 0 radical (unpaired) electrons. The van der Waals surface area contributed by atoms with Gasteiger partial charge in [0.15, 0.2) is 0 Å². The molecule has 1 amide bonds. The highest BCUT2D eigenvalue weighted by molar-refractivity contribution is 6.32. The Kier molecular flexibility index (Phi) is 5.89. The van der Waals surface area contributed by atoms with E-state index in [-0.39, 0.29) is 5.56 Å². The van der Waals surface area contributed by atoms with Gasteiger partial charge in [0.2, 0.25) is 5.91 Å². The molecule has 0 aliphatic rings. The second-order valence-corrected chi connectivity index (χ2v) is 5.76. The number of carbonyl (C=O) groups is 1. The van der Waals surface area contributed by atoms with Gasteiger partial charge in [-0.25, -0.2) is 4.79 Å². The van der Waals surface area contributed by atoms with Gasteiger partial charge in [0.05, 0.1) is 30.5 Å². The average molecular weight is 380 g/mol. The van der Waals surface area contributed by atoms with Crippen molar-refractivity contribution in [3.05, 3.63) is 55.8 Å². The van der Waals surface area contributed by atoms with E-state index < -0.39 is 17.2 Å². The van der Waals surface area contributed by atoms with Gasteiger partial charge in [-0.15, -0.1) is 0 Å². The molecule has 1 aromatic carbocycles. The lowest BCUT2D eigenvalue weighted by Gasteiger charge is -2.12. The molecule has 0 saturated carbocycles. The maximum atomic E-state index is 12.2. The minimum atomic E-state index is -0.500. The summed E-state index contributed by atoms with van der Waals surface area (Å²) in [6.07, 6.45) is 3.87. The predicted molar refractivity (Wildman–Crippen MR) is 99.1 cm³/mol. The Hall–Kier alpha value is -3.00. The molecule has 1 aromatic heterocycles. The van der Waals surface area contributed by atoms with Crippen LogP contribution >= 0.6 is 11.6 Å². The van der Waals surface area contributed by atoms with E-state index in [0.29, 0.717) is 22.2 Å². The van der Waals surface area contributed by atoms with Crippen molar-refractivity contribution >= 4 is 29.3 Å². The number of halogens is 1. The molecule has 26 heavy (non-hydrogen) atoms. The second kappa shape index (κ2) is 7.92. The highest BCUT2D eigenvalue weighted by atomic mass is 35.5. The summed E-state index contributed by atoms with van der Waals surface area (Å²) in [5.74, 6) is 0.275. The minimum absolute atomic E-state index is 0.199. The van der Waals surface area contributed by atoms with E-state index in [1.165, 1.54) is 57.3 Å². The molecule has 0 unspecified atom stereocenters. The molecule has 0 fully saturated rings. The number of aryl methyl sites for hydroxylation is 1. The summed E-state index contributed by atoms with van der Waals surface area (Å²) in [6, 6.07) is 3.04. The summed E-state index contributed by atoms with van der Waals surface area (Å²) < 4.78 is 12.5. The number of anilines is 1. The number of nitrogens with zero attached hydrogens (tertiary/aromatic N) is 2. The molecule has 1 heterocycles. The van der Waals surface area contributed by atoms with Gasteiger partial charge in [-0.3, -0.25) is 14.2 Å².